The SMILES string of the molecule is NC(=O)C1CCN(C(=O)[C@@H]2CN(Cc3ncc(C(F)(F)F)[nH]3)CC23CCOCC3)CC1. The molecule has 0 aliphatic carbocycles. The lowest BCUT2D eigenvalue weighted by Gasteiger charge is -2.40. The molecule has 1 aromatic heterocycles. The number of halogens is 3. The van der Waals surface area contributed by atoms with Crippen molar-refractivity contribution in [3.63, 3.8) is 0 Å². The van der Waals surface area contributed by atoms with Crippen LogP contribution in [0, 0.1) is 17.3 Å². The molecule has 3 fully saturated rings. The number of piperidine rings is 1. The first kappa shape index (κ1) is 22.1. The quantitative estimate of drug-likeness (QED) is 0.732. The van der Waals surface area contributed by atoms with Gasteiger partial charge in [-0.2, -0.15) is 13.2 Å². The van der Waals surface area contributed by atoms with E-state index in [0.717, 1.165) is 19.0 Å². The summed E-state index contributed by atoms with van der Waals surface area (Å²) in [5.41, 5.74) is 4.28. The minimum Gasteiger partial charge on any atom is -0.381 e. The number of H-pyrrole nitrogens is 1. The number of carbonyl (C=O) groups is 2. The molecule has 4 heterocycles. The maximum Gasteiger partial charge on any atom is 0.432 e. The molecule has 1 spiro atoms. The van der Waals surface area contributed by atoms with Crippen LogP contribution < -0.4 is 5.73 Å². The first-order chi connectivity index (χ1) is 14.7. The van der Waals surface area contributed by atoms with Crippen LogP contribution in [0.3, 0.4) is 0 Å². The highest BCUT2D eigenvalue weighted by molar-refractivity contribution is 5.81. The summed E-state index contributed by atoms with van der Waals surface area (Å²) in [5.74, 6) is -0.467. The van der Waals surface area contributed by atoms with Gasteiger partial charge >= 0.3 is 6.18 Å². The Balaban J connectivity index is 1.46. The lowest BCUT2D eigenvalue weighted by molar-refractivity contribution is -0.143. The van der Waals surface area contributed by atoms with Gasteiger partial charge in [0.15, 0.2) is 0 Å². The number of likely N-dealkylation sites (tertiary alicyclic amines) is 2. The lowest BCUT2D eigenvalue weighted by Crippen LogP contribution is -2.49. The number of primary amides is 1. The predicted octanol–water partition coefficient (Wildman–Crippen LogP) is 1.38. The minimum absolute atomic E-state index is 0.0581. The molecule has 0 radical (unpaired) electrons. The standard InChI is InChI=1S/C20H28F3N5O3/c21-20(22,23)15-9-25-16(26-15)11-27-10-14(19(12-27)3-7-31-8-4-19)18(30)28-5-1-13(2-6-28)17(24)29/h9,13-14H,1-8,10-12H2,(H2,24,29)(H,25,26)/t14-/m0/s1. The predicted molar refractivity (Wildman–Crippen MR) is 103 cm³/mol. The number of aromatic amines is 1. The Morgan fingerprint density at radius 2 is 1.94 bits per heavy atom. The van der Waals surface area contributed by atoms with E-state index in [1.54, 1.807) is 0 Å². The van der Waals surface area contributed by atoms with Crippen molar-refractivity contribution >= 4 is 11.8 Å². The third-order valence-corrected chi connectivity index (χ3v) is 7.02. The Bertz CT molecular complexity index is 813. The summed E-state index contributed by atoms with van der Waals surface area (Å²) in [4.78, 5) is 35.0. The van der Waals surface area contributed by atoms with Crippen LogP contribution in [0.4, 0.5) is 13.2 Å². The number of alkyl halides is 3. The molecular formula is C20H28F3N5O3. The van der Waals surface area contributed by atoms with Crippen LogP contribution in [0.25, 0.3) is 0 Å². The fourth-order valence-corrected chi connectivity index (χ4v) is 5.22. The number of rotatable bonds is 4. The highest BCUT2D eigenvalue weighted by atomic mass is 19.4. The van der Waals surface area contributed by atoms with Crippen molar-refractivity contribution < 1.29 is 27.5 Å². The van der Waals surface area contributed by atoms with Crippen molar-refractivity contribution in [3.8, 4) is 0 Å². The number of nitrogens with one attached hydrogen (secondary N) is 1. The molecule has 3 saturated heterocycles. The van der Waals surface area contributed by atoms with Gasteiger partial charge < -0.3 is 20.4 Å². The van der Waals surface area contributed by atoms with Crippen LogP contribution >= 0.6 is 0 Å². The number of nitrogens with two attached hydrogens (primary N) is 1. The van der Waals surface area contributed by atoms with Crippen molar-refractivity contribution in [3.05, 3.63) is 17.7 Å². The first-order valence-corrected chi connectivity index (χ1v) is 10.7. The Kier molecular flexibility index (Phi) is 5.99. The maximum atomic E-state index is 13.5. The van der Waals surface area contributed by atoms with Crippen molar-refractivity contribution in [1.29, 1.82) is 0 Å². The summed E-state index contributed by atoms with van der Waals surface area (Å²) in [5, 5.41) is 0. The summed E-state index contributed by atoms with van der Waals surface area (Å²) in [6.45, 7) is 3.46. The van der Waals surface area contributed by atoms with Gasteiger partial charge in [0.2, 0.25) is 11.8 Å². The zero-order valence-electron chi connectivity index (χ0n) is 17.3. The van der Waals surface area contributed by atoms with E-state index in [1.165, 1.54) is 0 Å². The molecule has 0 unspecified atom stereocenters. The summed E-state index contributed by atoms with van der Waals surface area (Å²) in [7, 11) is 0. The van der Waals surface area contributed by atoms with Crippen LogP contribution in [-0.4, -0.2) is 71.0 Å². The third kappa shape index (κ3) is 4.57. The molecule has 3 aliphatic rings. The van der Waals surface area contributed by atoms with Crippen LogP contribution in [0.1, 0.15) is 37.2 Å². The van der Waals surface area contributed by atoms with Crippen molar-refractivity contribution in [2.75, 3.05) is 39.4 Å². The average Bonchev–Trinajstić information content (AvgIpc) is 3.33. The molecule has 8 nitrogen and oxygen atoms in total. The van der Waals surface area contributed by atoms with Gasteiger partial charge in [-0.25, -0.2) is 4.98 Å². The second-order valence-electron chi connectivity index (χ2n) is 8.94. The fourth-order valence-electron chi connectivity index (χ4n) is 5.22. The molecule has 2 amide bonds. The molecule has 172 valence electrons. The smallest absolute Gasteiger partial charge is 0.381 e. The van der Waals surface area contributed by atoms with E-state index >= 15 is 0 Å². The number of hydrogen-bond acceptors (Lipinski definition) is 5. The summed E-state index contributed by atoms with van der Waals surface area (Å²) in [6.07, 6.45) is -1.04. The first-order valence-electron chi connectivity index (χ1n) is 10.7. The van der Waals surface area contributed by atoms with E-state index in [-0.39, 0.29) is 41.4 Å². The highest BCUT2D eigenvalue weighted by Crippen LogP contribution is 2.45. The maximum absolute atomic E-state index is 13.5. The van der Waals surface area contributed by atoms with E-state index in [2.05, 4.69) is 9.97 Å². The Morgan fingerprint density at radius 3 is 2.52 bits per heavy atom. The van der Waals surface area contributed by atoms with Gasteiger partial charge in [-0.3, -0.25) is 14.5 Å². The van der Waals surface area contributed by atoms with Gasteiger partial charge in [0.05, 0.1) is 18.7 Å². The number of hydrogen-bond donors (Lipinski definition) is 2. The zero-order valence-corrected chi connectivity index (χ0v) is 17.3. The van der Waals surface area contributed by atoms with Gasteiger partial charge in [-0.05, 0) is 25.7 Å². The van der Waals surface area contributed by atoms with E-state index in [4.69, 9.17) is 10.5 Å². The second kappa shape index (κ2) is 8.42. The number of ether oxygens (including phenoxy) is 1. The Labute approximate surface area is 178 Å². The van der Waals surface area contributed by atoms with Gasteiger partial charge in [0.1, 0.15) is 11.5 Å². The van der Waals surface area contributed by atoms with Crippen molar-refractivity contribution in [2.24, 2.45) is 23.0 Å². The van der Waals surface area contributed by atoms with Gasteiger partial charge in [-0.15, -0.1) is 0 Å². The molecule has 0 bridgehead atoms. The van der Waals surface area contributed by atoms with Crippen LogP contribution in [0.2, 0.25) is 0 Å². The van der Waals surface area contributed by atoms with Crippen LogP contribution in [0.15, 0.2) is 6.20 Å². The summed E-state index contributed by atoms with van der Waals surface area (Å²) >= 11 is 0. The number of amides is 2. The minimum atomic E-state index is -4.46. The van der Waals surface area contributed by atoms with E-state index in [1.807, 2.05) is 9.80 Å². The van der Waals surface area contributed by atoms with Gasteiger partial charge in [-0.1, -0.05) is 0 Å². The molecule has 11 heteroatoms. The van der Waals surface area contributed by atoms with Gasteiger partial charge in [0.25, 0.3) is 0 Å². The van der Waals surface area contributed by atoms with Crippen molar-refractivity contribution in [2.45, 2.75) is 38.4 Å². The Morgan fingerprint density at radius 1 is 1.26 bits per heavy atom. The fraction of sp³-hybridized carbons (Fsp3) is 0.750. The monoisotopic (exact) mass is 443 g/mol. The largest absolute Gasteiger partial charge is 0.432 e. The number of imidazole rings is 1. The molecule has 3 N–H and O–H groups in total. The molecule has 3 aliphatic heterocycles. The number of aromatic nitrogens is 2. The topological polar surface area (TPSA) is 105 Å². The molecule has 1 aromatic rings. The third-order valence-electron chi connectivity index (χ3n) is 7.02. The molecule has 31 heavy (non-hydrogen) atoms. The molecular weight excluding hydrogens is 415 g/mol. The summed E-state index contributed by atoms with van der Waals surface area (Å²) in [6, 6.07) is 0. The van der Waals surface area contributed by atoms with Crippen molar-refractivity contribution in [1.82, 2.24) is 19.8 Å². The molecule has 0 aromatic carbocycles. The van der Waals surface area contributed by atoms with E-state index < -0.39 is 11.9 Å². The van der Waals surface area contributed by atoms with Gasteiger partial charge in [0, 0.05) is 50.7 Å². The molecule has 1 atom stereocenters. The normalized spacial score (nSPS) is 25.3. The number of carbonyl (C=O) groups excluding carboxylic acids is 2. The lowest BCUT2D eigenvalue weighted by atomic mass is 9.71. The number of nitrogens with zero attached hydrogens (tertiary/aromatic N) is 3. The average molecular weight is 443 g/mol. The zero-order chi connectivity index (χ0) is 22.2. The van der Waals surface area contributed by atoms with Crippen LogP contribution in [-0.2, 0) is 27.0 Å². The summed E-state index contributed by atoms with van der Waals surface area (Å²) < 4.78 is 44.1. The van der Waals surface area contributed by atoms with E-state index in [9.17, 15) is 22.8 Å². The Hall–Kier alpha value is -2.14. The molecule has 0 saturated carbocycles. The molecule has 4 rings (SSSR count). The van der Waals surface area contributed by atoms with E-state index in [0.29, 0.717) is 52.2 Å². The highest BCUT2D eigenvalue weighted by Gasteiger charge is 2.51. The second-order valence-corrected chi connectivity index (χ2v) is 8.94. The van der Waals surface area contributed by atoms with Crippen LogP contribution in [0.5, 0.6) is 0 Å².